The second-order valence-electron chi connectivity index (χ2n) is 2.05. The molecule has 12 nitrogen and oxygen atoms in total. The van der Waals surface area contributed by atoms with Gasteiger partial charge in [-0.25, -0.2) is 13.7 Å². The minimum absolute atomic E-state index is 1.32. The van der Waals surface area contributed by atoms with Crippen LogP contribution in [0.4, 0.5) is 0 Å². The first-order chi connectivity index (χ1) is 6.83. The van der Waals surface area contributed by atoms with E-state index in [0.717, 1.165) is 0 Å². The lowest BCUT2D eigenvalue weighted by Gasteiger charge is -2.15. The van der Waals surface area contributed by atoms with Gasteiger partial charge in [-0.1, -0.05) is 0 Å². The average molecular weight is 300 g/mol. The van der Waals surface area contributed by atoms with Gasteiger partial charge in [-0.3, -0.25) is 10.3 Å². The van der Waals surface area contributed by atoms with Crippen LogP contribution in [0.5, 0.6) is 0 Å². The molecule has 0 heterocycles. The summed E-state index contributed by atoms with van der Waals surface area (Å²) in [4.78, 5) is 33.5. The Morgan fingerprint density at radius 2 is 1.44 bits per heavy atom. The van der Waals surface area contributed by atoms with Crippen LogP contribution in [0, 0.1) is 5.41 Å². The van der Waals surface area contributed by atoms with Crippen molar-refractivity contribution in [1.82, 2.24) is 0 Å². The lowest BCUT2D eigenvalue weighted by atomic mass is 11.3. The Bertz CT molecular complexity index is 408. The molecule has 0 aromatic rings. The number of rotatable bonds is 5. The Hall–Kier alpha value is -0.280. The normalized spacial score (nSPS) is 19.5. The van der Waals surface area contributed by atoms with Crippen molar-refractivity contribution in [3.8, 4) is 0 Å². The topological polar surface area (TPSA) is 210 Å². The third-order valence-electron chi connectivity index (χ3n) is 0.630. The molecule has 2 unspecified atom stereocenters. The minimum Gasteiger partial charge on any atom is -0.371 e. The molecule has 0 aromatic carbocycles. The Morgan fingerprint density at radius 1 is 1.00 bits per heavy atom. The number of amidine groups is 1. The SMILES string of the molecule is N=C(N)OP(=O)(O)OP(=O)(O)OP(=O)(O)O. The summed E-state index contributed by atoms with van der Waals surface area (Å²) >= 11 is 0. The van der Waals surface area contributed by atoms with Crippen LogP contribution in [-0.2, 0) is 26.8 Å². The van der Waals surface area contributed by atoms with Crippen LogP contribution in [-0.4, -0.2) is 25.6 Å². The lowest BCUT2D eigenvalue weighted by Crippen LogP contribution is -2.13. The average Bonchev–Trinajstić information content (AvgIpc) is 1.69. The molecule has 0 aliphatic heterocycles. The van der Waals surface area contributed by atoms with Gasteiger partial charge in [-0.2, -0.15) is 8.62 Å². The zero-order valence-corrected chi connectivity index (χ0v) is 9.84. The van der Waals surface area contributed by atoms with Gasteiger partial charge in [0.05, 0.1) is 0 Å². The first kappa shape index (κ1) is 15.7. The molecular formula is CH7N2O10P3. The number of nitrogens with two attached hydrogens (primary N) is 1. The molecule has 15 heteroatoms. The van der Waals surface area contributed by atoms with Gasteiger partial charge < -0.3 is 24.9 Å². The second kappa shape index (κ2) is 4.92. The smallest absolute Gasteiger partial charge is 0.371 e. The summed E-state index contributed by atoms with van der Waals surface area (Å²) in [5.41, 5.74) is 4.51. The third kappa shape index (κ3) is 7.94. The molecule has 2 atom stereocenters. The molecule has 0 amide bonds. The summed E-state index contributed by atoms with van der Waals surface area (Å²) in [7, 11) is -16.3. The standard InChI is InChI=1S/CH7N2O10P3/c2-1(3)11-15(7,8)13-16(9,10)12-14(4,5)6/h(H3,2,3)(H,7,8)(H,9,10)(H2,4,5,6). The summed E-state index contributed by atoms with van der Waals surface area (Å²) < 4.78 is 41.7. The van der Waals surface area contributed by atoms with Crippen LogP contribution in [0.15, 0.2) is 0 Å². The second-order valence-corrected chi connectivity index (χ2v) is 6.39. The summed E-state index contributed by atoms with van der Waals surface area (Å²) in [6.07, 6.45) is 0. The van der Waals surface area contributed by atoms with Crippen LogP contribution >= 0.6 is 23.5 Å². The van der Waals surface area contributed by atoms with Gasteiger partial charge in [0, 0.05) is 0 Å². The van der Waals surface area contributed by atoms with Crippen LogP contribution < -0.4 is 5.73 Å². The van der Waals surface area contributed by atoms with E-state index >= 15 is 0 Å². The van der Waals surface area contributed by atoms with Crippen LogP contribution in [0.1, 0.15) is 0 Å². The van der Waals surface area contributed by atoms with Gasteiger partial charge in [-0.15, -0.1) is 0 Å². The Kier molecular flexibility index (Phi) is 4.84. The Morgan fingerprint density at radius 3 is 1.75 bits per heavy atom. The van der Waals surface area contributed by atoms with E-state index in [-0.39, 0.29) is 0 Å². The fourth-order valence-corrected chi connectivity index (χ4v) is 3.31. The molecule has 0 spiro atoms. The molecule has 0 saturated heterocycles. The van der Waals surface area contributed by atoms with Crippen molar-refractivity contribution in [2.24, 2.45) is 5.73 Å². The highest BCUT2D eigenvalue weighted by Crippen LogP contribution is 2.66. The van der Waals surface area contributed by atoms with Crippen molar-refractivity contribution < 1.29 is 46.4 Å². The van der Waals surface area contributed by atoms with Crippen molar-refractivity contribution in [2.45, 2.75) is 0 Å². The summed E-state index contributed by atoms with van der Waals surface area (Å²) in [5.74, 6) is 0. The fourth-order valence-electron chi connectivity index (χ4n) is 0.421. The number of hydrogen-bond acceptors (Lipinski definition) is 7. The minimum atomic E-state index is -5.55. The van der Waals surface area contributed by atoms with Gasteiger partial charge in [-0.05, 0) is 0 Å². The molecule has 0 aromatic heterocycles. The van der Waals surface area contributed by atoms with E-state index in [2.05, 4.69) is 18.9 Å². The quantitative estimate of drug-likeness (QED) is 0.210. The van der Waals surface area contributed by atoms with Crippen LogP contribution in [0.25, 0.3) is 0 Å². The van der Waals surface area contributed by atoms with Gasteiger partial charge in [0.15, 0.2) is 0 Å². The molecule has 16 heavy (non-hydrogen) atoms. The van der Waals surface area contributed by atoms with Crippen molar-refractivity contribution in [2.75, 3.05) is 0 Å². The van der Waals surface area contributed by atoms with Crippen molar-refractivity contribution >= 4 is 29.5 Å². The Balaban J connectivity index is 4.71. The van der Waals surface area contributed by atoms with Crippen LogP contribution in [0.3, 0.4) is 0 Å². The molecule has 0 saturated carbocycles. The van der Waals surface area contributed by atoms with E-state index in [0.29, 0.717) is 0 Å². The maximum absolute atomic E-state index is 10.8. The third-order valence-corrected chi connectivity index (χ3v) is 4.38. The largest absolute Gasteiger partial charge is 0.538 e. The molecule has 0 aliphatic rings. The monoisotopic (exact) mass is 300 g/mol. The maximum atomic E-state index is 10.8. The highest BCUT2D eigenvalue weighted by atomic mass is 31.3. The summed E-state index contributed by atoms with van der Waals surface area (Å²) in [6, 6.07) is -1.32. The predicted molar refractivity (Wildman–Crippen MR) is 46.9 cm³/mol. The van der Waals surface area contributed by atoms with Gasteiger partial charge in [0.25, 0.3) is 6.02 Å². The molecular weight excluding hydrogens is 293 g/mol. The van der Waals surface area contributed by atoms with E-state index in [9.17, 15) is 13.7 Å². The van der Waals surface area contributed by atoms with Gasteiger partial charge in [0.2, 0.25) is 0 Å². The first-order valence-corrected chi connectivity index (χ1v) is 7.52. The van der Waals surface area contributed by atoms with Crippen molar-refractivity contribution in [3.05, 3.63) is 0 Å². The van der Waals surface area contributed by atoms with Crippen molar-refractivity contribution in [1.29, 1.82) is 5.41 Å². The van der Waals surface area contributed by atoms with Gasteiger partial charge in [0.1, 0.15) is 0 Å². The first-order valence-electron chi connectivity index (χ1n) is 3.00. The van der Waals surface area contributed by atoms with E-state index in [4.69, 9.17) is 25.0 Å². The Labute approximate surface area is 87.9 Å². The van der Waals surface area contributed by atoms with Gasteiger partial charge >= 0.3 is 23.5 Å². The number of hydrogen-bond donors (Lipinski definition) is 6. The molecule has 0 fully saturated rings. The number of phosphoric ester groups is 1. The molecule has 7 N–H and O–H groups in total. The van der Waals surface area contributed by atoms with E-state index < -0.39 is 29.5 Å². The molecule has 0 bridgehead atoms. The van der Waals surface area contributed by atoms with E-state index in [1.807, 2.05) is 0 Å². The highest BCUT2D eigenvalue weighted by Gasteiger charge is 2.41. The maximum Gasteiger partial charge on any atom is 0.538 e. The fraction of sp³-hybridized carbons (Fsp3) is 0. The van der Waals surface area contributed by atoms with E-state index in [1.165, 1.54) is 0 Å². The summed E-state index contributed by atoms with van der Waals surface area (Å²) in [6.45, 7) is 0. The zero-order valence-electron chi connectivity index (χ0n) is 7.16. The molecule has 96 valence electrons. The zero-order chi connectivity index (χ0) is 13.2. The molecule has 0 radical (unpaired) electrons. The number of nitrogens with one attached hydrogen (secondary N) is 1. The van der Waals surface area contributed by atoms with Crippen LogP contribution in [0.2, 0.25) is 0 Å². The van der Waals surface area contributed by atoms with Crippen molar-refractivity contribution in [3.63, 3.8) is 0 Å². The summed E-state index contributed by atoms with van der Waals surface area (Å²) in [5, 5.41) is 6.42. The van der Waals surface area contributed by atoms with E-state index in [1.54, 1.807) is 0 Å². The molecule has 0 aliphatic carbocycles. The lowest BCUT2D eigenvalue weighted by molar-refractivity contribution is 0.205. The predicted octanol–water partition coefficient (Wildman–Crippen LogP) is -0.777. The molecule has 0 rings (SSSR count). The number of phosphoric acid groups is 3. The highest BCUT2D eigenvalue weighted by molar-refractivity contribution is 7.66.